The summed E-state index contributed by atoms with van der Waals surface area (Å²) < 4.78 is 27.4. The van der Waals surface area contributed by atoms with Gasteiger partial charge in [-0.25, -0.2) is 22.7 Å². The summed E-state index contributed by atoms with van der Waals surface area (Å²) in [5.74, 6) is 0.782. The fourth-order valence-corrected chi connectivity index (χ4v) is 6.75. The van der Waals surface area contributed by atoms with Crippen LogP contribution in [0, 0.1) is 11.8 Å². The Kier molecular flexibility index (Phi) is 4.74. The van der Waals surface area contributed by atoms with Crippen LogP contribution in [0.25, 0.3) is 0 Å². The van der Waals surface area contributed by atoms with Crippen LogP contribution in [0.1, 0.15) is 18.4 Å². The first-order valence-electron chi connectivity index (χ1n) is 10.3. The largest absolute Gasteiger partial charge is 0.350 e. The Bertz CT molecular complexity index is 1020. The highest BCUT2D eigenvalue weighted by atomic mass is 32.2. The minimum Gasteiger partial charge on any atom is -0.350 e. The summed E-state index contributed by atoms with van der Waals surface area (Å²) in [6, 6.07) is 11.0. The molecule has 1 aromatic carbocycles. The Labute approximate surface area is 176 Å². The lowest BCUT2D eigenvalue weighted by atomic mass is 9.76. The van der Waals surface area contributed by atoms with Crippen LogP contribution in [0.5, 0.6) is 0 Å². The van der Waals surface area contributed by atoms with E-state index in [2.05, 4.69) is 20.2 Å². The van der Waals surface area contributed by atoms with Crippen LogP contribution in [0.4, 0.5) is 5.95 Å². The zero-order valence-electron chi connectivity index (χ0n) is 16.6. The molecule has 1 N–H and O–H groups in total. The van der Waals surface area contributed by atoms with Crippen LogP contribution < -0.4 is 10.2 Å². The molecule has 3 aliphatic heterocycles. The molecule has 0 saturated carbocycles. The molecule has 3 saturated heterocycles. The summed E-state index contributed by atoms with van der Waals surface area (Å²) >= 11 is 0. The molecule has 158 valence electrons. The van der Waals surface area contributed by atoms with Crippen molar-refractivity contribution >= 4 is 21.9 Å². The van der Waals surface area contributed by atoms with Crippen LogP contribution in [0.15, 0.2) is 48.8 Å². The summed E-state index contributed by atoms with van der Waals surface area (Å²) in [5.41, 5.74) is 0.450. The van der Waals surface area contributed by atoms with Crippen molar-refractivity contribution in [1.29, 1.82) is 0 Å². The van der Waals surface area contributed by atoms with Gasteiger partial charge in [0.1, 0.15) is 0 Å². The van der Waals surface area contributed by atoms with Gasteiger partial charge in [-0.15, -0.1) is 0 Å². The lowest BCUT2D eigenvalue weighted by molar-refractivity contribution is -0.122. The van der Waals surface area contributed by atoms with Crippen molar-refractivity contribution < 1.29 is 13.2 Å². The van der Waals surface area contributed by atoms with Gasteiger partial charge in [0.25, 0.3) is 0 Å². The maximum Gasteiger partial charge on any atom is 0.225 e. The van der Waals surface area contributed by atoms with E-state index < -0.39 is 10.0 Å². The zero-order chi connectivity index (χ0) is 20.8. The fourth-order valence-electron chi connectivity index (χ4n) is 5.21. The van der Waals surface area contributed by atoms with Gasteiger partial charge in [0.15, 0.2) is 0 Å². The highest BCUT2D eigenvalue weighted by Gasteiger charge is 2.58. The van der Waals surface area contributed by atoms with E-state index in [-0.39, 0.29) is 29.0 Å². The molecule has 1 amide bonds. The Balaban J connectivity index is 1.29. The summed E-state index contributed by atoms with van der Waals surface area (Å²) in [7, 11) is -3.38. The van der Waals surface area contributed by atoms with E-state index in [0.29, 0.717) is 45.0 Å². The van der Waals surface area contributed by atoms with Gasteiger partial charge in [-0.3, -0.25) is 4.79 Å². The van der Waals surface area contributed by atoms with Crippen LogP contribution in [0.2, 0.25) is 0 Å². The SMILES string of the molecule is O=C1NC2(CCN(S(=O)(=O)Cc3ccccc3)CC2)[C@@H]2CN(c3ncccn3)C[C@H]12. The molecule has 9 heteroatoms. The normalized spacial score (nSPS) is 26.0. The molecule has 30 heavy (non-hydrogen) atoms. The monoisotopic (exact) mass is 427 g/mol. The smallest absolute Gasteiger partial charge is 0.225 e. The van der Waals surface area contributed by atoms with Crippen molar-refractivity contribution in [2.45, 2.75) is 24.1 Å². The van der Waals surface area contributed by atoms with Crippen molar-refractivity contribution in [2.75, 3.05) is 31.1 Å². The van der Waals surface area contributed by atoms with E-state index in [1.54, 1.807) is 22.8 Å². The van der Waals surface area contributed by atoms with Gasteiger partial charge >= 0.3 is 0 Å². The molecular weight excluding hydrogens is 402 g/mol. The van der Waals surface area contributed by atoms with Gasteiger partial charge in [0, 0.05) is 50.0 Å². The molecular formula is C21H25N5O3S. The summed E-state index contributed by atoms with van der Waals surface area (Å²) in [5, 5.41) is 3.24. The number of amides is 1. The molecule has 0 bridgehead atoms. The molecule has 0 unspecified atom stereocenters. The van der Waals surface area contributed by atoms with Gasteiger partial charge < -0.3 is 10.2 Å². The van der Waals surface area contributed by atoms with Crippen molar-refractivity contribution in [3.05, 3.63) is 54.4 Å². The molecule has 2 aromatic rings. The number of nitrogens with zero attached hydrogens (tertiary/aromatic N) is 4. The average molecular weight is 428 g/mol. The van der Waals surface area contributed by atoms with Crippen molar-refractivity contribution in [3.63, 3.8) is 0 Å². The molecule has 3 aliphatic rings. The fraction of sp³-hybridized carbons (Fsp3) is 0.476. The molecule has 0 aliphatic carbocycles. The first kappa shape index (κ1) is 19.4. The number of carbonyl (C=O) groups excluding carboxylic acids is 1. The second-order valence-corrected chi connectivity index (χ2v) is 10.4. The molecule has 1 spiro atoms. The molecule has 0 radical (unpaired) electrons. The predicted octanol–water partition coefficient (Wildman–Crippen LogP) is 1.02. The third-order valence-electron chi connectivity index (χ3n) is 6.77. The van der Waals surface area contributed by atoms with Gasteiger partial charge in [0.05, 0.1) is 11.7 Å². The Morgan fingerprint density at radius 2 is 1.73 bits per heavy atom. The lowest BCUT2D eigenvalue weighted by Crippen LogP contribution is -2.56. The quantitative estimate of drug-likeness (QED) is 0.783. The number of carbonyl (C=O) groups is 1. The average Bonchev–Trinajstić information content (AvgIpc) is 3.30. The number of aromatic nitrogens is 2. The predicted molar refractivity (Wildman–Crippen MR) is 112 cm³/mol. The number of rotatable bonds is 4. The van der Waals surface area contributed by atoms with Gasteiger partial charge in [-0.05, 0) is 24.5 Å². The maximum atomic E-state index is 12.9. The number of piperidine rings is 1. The number of hydrogen-bond acceptors (Lipinski definition) is 6. The van der Waals surface area contributed by atoms with Crippen LogP contribution in [-0.4, -0.2) is 60.3 Å². The van der Waals surface area contributed by atoms with Crippen molar-refractivity contribution in [1.82, 2.24) is 19.6 Å². The van der Waals surface area contributed by atoms with Gasteiger partial charge in [-0.2, -0.15) is 0 Å². The van der Waals surface area contributed by atoms with Gasteiger partial charge in [0.2, 0.25) is 21.9 Å². The number of fused-ring (bicyclic) bond motifs is 2. The zero-order valence-corrected chi connectivity index (χ0v) is 17.5. The first-order chi connectivity index (χ1) is 14.5. The molecule has 2 atom stereocenters. The number of sulfonamides is 1. The van der Waals surface area contributed by atoms with E-state index >= 15 is 0 Å². The highest BCUT2D eigenvalue weighted by molar-refractivity contribution is 7.88. The van der Waals surface area contributed by atoms with Crippen molar-refractivity contribution in [2.24, 2.45) is 11.8 Å². The molecule has 5 rings (SSSR count). The number of hydrogen-bond donors (Lipinski definition) is 1. The molecule has 8 nitrogen and oxygen atoms in total. The Hall–Kier alpha value is -2.52. The Morgan fingerprint density at radius 1 is 1.03 bits per heavy atom. The number of anilines is 1. The highest BCUT2D eigenvalue weighted by Crippen LogP contribution is 2.44. The molecule has 3 fully saturated rings. The summed E-state index contributed by atoms with van der Waals surface area (Å²) in [4.78, 5) is 23.4. The molecule has 4 heterocycles. The third-order valence-corrected chi connectivity index (χ3v) is 8.62. The summed E-state index contributed by atoms with van der Waals surface area (Å²) in [6.07, 6.45) is 4.69. The minimum absolute atomic E-state index is 0.0123. The molecule has 1 aromatic heterocycles. The minimum atomic E-state index is -3.38. The van der Waals surface area contributed by atoms with Crippen LogP contribution >= 0.6 is 0 Å². The first-order valence-corrected chi connectivity index (χ1v) is 11.9. The van der Waals surface area contributed by atoms with Crippen LogP contribution in [-0.2, 0) is 20.6 Å². The second-order valence-electron chi connectivity index (χ2n) is 8.45. The van der Waals surface area contributed by atoms with Crippen molar-refractivity contribution in [3.8, 4) is 0 Å². The van der Waals surface area contributed by atoms with E-state index in [0.717, 1.165) is 5.56 Å². The standard InChI is InChI=1S/C21H25N5O3S/c27-19-17-13-25(20-22-9-4-10-23-20)14-18(17)21(24-19)7-11-26(12-8-21)30(28,29)15-16-5-2-1-3-6-16/h1-6,9-10,17-18H,7-8,11-15H2,(H,24,27)/t17-,18+/m0/s1. The van der Waals surface area contributed by atoms with Crippen LogP contribution in [0.3, 0.4) is 0 Å². The number of benzene rings is 1. The number of nitrogens with one attached hydrogen (secondary N) is 1. The van der Waals surface area contributed by atoms with E-state index in [1.807, 2.05) is 30.3 Å². The maximum absolute atomic E-state index is 12.9. The topological polar surface area (TPSA) is 95.5 Å². The van der Waals surface area contributed by atoms with E-state index in [4.69, 9.17) is 0 Å². The summed E-state index contributed by atoms with van der Waals surface area (Å²) in [6.45, 7) is 2.18. The third kappa shape index (κ3) is 3.35. The van der Waals surface area contributed by atoms with E-state index in [1.165, 1.54) is 0 Å². The van der Waals surface area contributed by atoms with E-state index in [9.17, 15) is 13.2 Å². The second kappa shape index (κ2) is 7.31. The van der Waals surface area contributed by atoms with Gasteiger partial charge in [-0.1, -0.05) is 30.3 Å². The lowest BCUT2D eigenvalue weighted by Gasteiger charge is -2.42. The Morgan fingerprint density at radius 3 is 2.43 bits per heavy atom.